The molecule has 4 nitrogen and oxygen atoms in total. The average molecular weight is 187 g/mol. The SMILES string of the molecule is CCOC(=O)CCC1CNCCO1. The van der Waals surface area contributed by atoms with Gasteiger partial charge >= 0.3 is 5.97 Å². The van der Waals surface area contributed by atoms with Gasteiger partial charge in [0, 0.05) is 19.5 Å². The van der Waals surface area contributed by atoms with E-state index in [2.05, 4.69) is 5.32 Å². The molecule has 1 heterocycles. The van der Waals surface area contributed by atoms with E-state index >= 15 is 0 Å². The van der Waals surface area contributed by atoms with Gasteiger partial charge in [0.15, 0.2) is 0 Å². The zero-order valence-corrected chi connectivity index (χ0v) is 8.04. The Labute approximate surface area is 78.6 Å². The molecule has 0 aliphatic carbocycles. The summed E-state index contributed by atoms with van der Waals surface area (Å²) in [4.78, 5) is 11.0. The maximum absolute atomic E-state index is 11.0. The van der Waals surface area contributed by atoms with Crippen molar-refractivity contribution in [3.05, 3.63) is 0 Å². The van der Waals surface area contributed by atoms with E-state index in [-0.39, 0.29) is 12.1 Å². The minimum atomic E-state index is -0.128. The lowest BCUT2D eigenvalue weighted by Crippen LogP contribution is -2.38. The fourth-order valence-corrected chi connectivity index (χ4v) is 1.32. The van der Waals surface area contributed by atoms with E-state index < -0.39 is 0 Å². The van der Waals surface area contributed by atoms with Crippen molar-refractivity contribution in [2.24, 2.45) is 0 Å². The number of esters is 1. The van der Waals surface area contributed by atoms with Gasteiger partial charge in [-0.25, -0.2) is 0 Å². The highest BCUT2D eigenvalue weighted by Gasteiger charge is 2.14. The molecule has 1 rings (SSSR count). The molecule has 0 radical (unpaired) electrons. The van der Waals surface area contributed by atoms with Crippen LogP contribution in [-0.2, 0) is 14.3 Å². The van der Waals surface area contributed by atoms with Gasteiger partial charge in [0.1, 0.15) is 0 Å². The van der Waals surface area contributed by atoms with Crippen LogP contribution in [0.4, 0.5) is 0 Å². The molecule has 0 spiro atoms. The third kappa shape index (κ3) is 4.24. The van der Waals surface area contributed by atoms with Crippen LogP contribution in [0.2, 0.25) is 0 Å². The standard InChI is InChI=1S/C9H17NO3/c1-2-12-9(11)4-3-8-7-10-5-6-13-8/h8,10H,2-7H2,1H3. The van der Waals surface area contributed by atoms with Crippen LogP contribution in [0.15, 0.2) is 0 Å². The highest BCUT2D eigenvalue weighted by atomic mass is 16.5. The Morgan fingerprint density at radius 1 is 1.69 bits per heavy atom. The second kappa shape index (κ2) is 5.94. The van der Waals surface area contributed by atoms with Gasteiger partial charge in [-0.15, -0.1) is 0 Å². The highest BCUT2D eigenvalue weighted by molar-refractivity contribution is 5.69. The Balaban J connectivity index is 2.06. The van der Waals surface area contributed by atoms with E-state index in [1.165, 1.54) is 0 Å². The molecular formula is C9H17NO3. The molecule has 1 aliphatic heterocycles. The van der Waals surface area contributed by atoms with E-state index in [0.717, 1.165) is 26.1 Å². The molecule has 0 amide bonds. The molecule has 1 unspecified atom stereocenters. The molecule has 13 heavy (non-hydrogen) atoms. The summed E-state index contributed by atoms with van der Waals surface area (Å²) in [5.41, 5.74) is 0. The van der Waals surface area contributed by atoms with E-state index in [4.69, 9.17) is 9.47 Å². The summed E-state index contributed by atoms with van der Waals surface area (Å²) in [6.07, 6.45) is 1.39. The molecule has 1 atom stereocenters. The molecule has 1 fully saturated rings. The Hall–Kier alpha value is -0.610. The van der Waals surface area contributed by atoms with E-state index in [1.807, 2.05) is 6.92 Å². The van der Waals surface area contributed by atoms with Crippen LogP contribution in [-0.4, -0.2) is 38.4 Å². The number of hydrogen-bond donors (Lipinski definition) is 1. The Kier molecular flexibility index (Phi) is 4.78. The number of hydrogen-bond acceptors (Lipinski definition) is 4. The lowest BCUT2D eigenvalue weighted by Gasteiger charge is -2.23. The molecule has 1 aliphatic rings. The lowest BCUT2D eigenvalue weighted by molar-refractivity contribution is -0.144. The molecule has 1 saturated heterocycles. The first-order chi connectivity index (χ1) is 6.33. The van der Waals surface area contributed by atoms with Crippen molar-refractivity contribution in [1.29, 1.82) is 0 Å². The van der Waals surface area contributed by atoms with Crippen molar-refractivity contribution in [3.63, 3.8) is 0 Å². The summed E-state index contributed by atoms with van der Waals surface area (Å²) in [5.74, 6) is -0.128. The third-order valence-electron chi connectivity index (χ3n) is 1.98. The minimum Gasteiger partial charge on any atom is -0.466 e. The van der Waals surface area contributed by atoms with E-state index in [9.17, 15) is 4.79 Å². The van der Waals surface area contributed by atoms with E-state index in [0.29, 0.717) is 13.0 Å². The second-order valence-corrected chi connectivity index (χ2v) is 3.04. The minimum absolute atomic E-state index is 0.128. The normalized spacial score (nSPS) is 22.7. The quantitative estimate of drug-likeness (QED) is 0.644. The van der Waals surface area contributed by atoms with Crippen LogP contribution >= 0.6 is 0 Å². The topological polar surface area (TPSA) is 47.6 Å². The molecule has 0 aromatic rings. The van der Waals surface area contributed by atoms with Crippen molar-refractivity contribution in [3.8, 4) is 0 Å². The highest BCUT2D eigenvalue weighted by Crippen LogP contribution is 2.05. The number of morpholine rings is 1. The molecule has 1 N–H and O–H groups in total. The van der Waals surface area contributed by atoms with Crippen molar-refractivity contribution < 1.29 is 14.3 Å². The summed E-state index contributed by atoms with van der Waals surface area (Å²) < 4.78 is 10.3. The summed E-state index contributed by atoms with van der Waals surface area (Å²) in [5, 5.41) is 3.21. The van der Waals surface area contributed by atoms with Crippen LogP contribution in [0, 0.1) is 0 Å². The van der Waals surface area contributed by atoms with E-state index in [1.54, 1.807) is 0 Å². The number of nitrogens with one attached hydrogen (secondary N) is 1. The first-order valence-corrected chi connectivity index (χ1v) is 4.81. The van der Waals surface area contributed by atoms with Gasteiger partial charge in [-0.3, -0.25) is 4.79 Å². The van der Waals surface area contributed by atoms with Gasteiger partial charge in [0.25, 0.3) is 0 Å². The number of carbonyl (C=O) groups is 1. The van der Waals surface area contributed by atoms with Gasteiger partial charge in [-0.2, -0.15) is 0 Å². The predicted octanol–water partition coefficient (Wildman–Crippen LogP) is 0.318. The number of rotatable bonds is 4. The van der Waals surface area contributed by atoms with Crippen molar-refractivity contribution in [2.75, 3.05) is 26.3 Å². The monoisotopic (exact) mass is 187 g/mol. The van der Waals surface area contributed by atoms with Crippen molar-refractivity contribution in [2.45, 2.75) is 25.9 Å². The number of ether oxygens (including phenoxy) is 2. The smallest absolute Gasteiger partial charge is 0.305 e. The Bertz CT molecular complexity index is 155. The molecule has 76 valence electrons. The lowest BCUT2D eigenvalue weighted by atomic mass is 10.2. The van der Waals surface area contributed by atoms with Gasteiger partial charge < -0.3 is 14.8 Å². The molecule has 0 saturated carbocycles. The largest absolute Gasteiger partial charge is 0.466 e. The summed E-state index contributed by atoms with van der Waals surface area (Å²) in [7, 11) is 0. The van der Waals surface area contributed by atoms with Gasteiger partial charge in [0.2, 0.25) is 0 Å². The van der Waals surface area contributed by atoms with Gasteiger partial charge in [-0.05, 0) is 13.3 Å². The van der Waals surface area contributed by atoms with Crippen LogP contribution in [0.25, 0.3) is 0 Å². The maximum atomic E-state index is 11.0. The van der Waals surface area contributed by atoms with Crippen LogP contribution in [0.5, 0.6) is 0 Å². The molecule has 0 aromatic carbocycles. The van der Waals surface area contributed by atoms with Crippen molar-refractivity contribution in [1.82, 2.24) is 5.32 Å². The summed E-state index contributed by atoms with van der Waals surface area (Å²) in [6, 6.07) is 0. The third-order valence-corrected chi connectivity index (χ3v) is 1.98. The first-order valence-electron chi connectivity index (χ1n) is 4.81. The Morgan fingerprint density at radius 2 is 2.54 bits per heavy atom. The van der Waals surface area contributed by atoms with Gasteiger partial charge in [-0.1, -0.05) is 0 Å². The summed E-state index contributed by atoms with van der Waals surface area (Å²) in [6.45, 7) is 4.78. The summed E-state index contributed by atoms with van der Waals surface area (Å²) >= 11 is 0. The zero-order valence-electron chi connectivity index (χ0n) is 8.04. The molecular weight excluding hydrogens is 170 g/mol. The fraction of sp³-hybridized carbons (Fsp3) is 0.889. The molecule has 4 heteroatoms. The molecule has 0 bridgehead atoms. The first kappa shape index (κ1) is 10.5. The average Bonchev–Trinajstić information content (AvgIpc) is 2.17. The maximum Gasteiger partial charge on any atom is 0.305 e. The van der Waals surface area contributed by atoms with Gasteiger partial charge in [0.05, 0.1) is 19.3 Å². The predicted molar refractivity (Wildman–Crippen MR) is 48.5 cm³/mol. The fourth-order valence-electron chi connectivity index (χ4n) is 1.32. The Morgan fingerprint density at radius 3 is 3.15 bits per heavy atom. The number of carbonyl (C=O) groups excluding carboxylic acids is 1. The zero-order chi connectivity index (χ0) is 9.52. The van der Waals surface area contributed by atoms with Crippen LogP contribution < -0.4 is 5.32 Å². The van der Waals surface area contributed by atoms with Crippen LogP contribution in [0.1, 0.15) is 19.8 Å². The van der Waals surface area contributed by atoms with Crippen LogP contribution in [0.3, 0.4) is 0 Å². The van der Waals surface area contributed by atoms with Crippen molar-refractivity contribution >= 4 is 5.97 Å². The second-order valence-electron chi connectivity index (χ2n) is 3.04. The molecule has 0 aromatic heterocycles.